The summed E-state index contributed by atoms with van der Waals surface area (Å²) in [5.41, 5.74) is 3.76. The number of aryl methyl sites for hydroxylation is 1. The maximum absolute atomic E-state index is 12.3. The Hall–Kier alpha value is -3.32. The highest BCUT2D eigenvalue weighted by Gasteiger charge is 2.11. The summed E-state index contributed by atoms with van der Waals surface area (Å²) < 4.78 is 4.80. The summed E-state index contributed by atoms with van der Waals surface area (Å²) in [5.74, 6) is 1.66. The van der Waals surface area contributed by atoms with Crippen LogP contribution < -0.4 is 4.87 Å². The minimum absolute atomic E-state index is 0.0456. The molecule has 0 saturated heterocycles. The van der Waals surface area contributed by atoms with Gasteiger partial charge in [-0.05, 0) is 36.8 Å². The molecule has 0 spiro atoms. The second-order valence-electron chi connectivity index (χ2n) is 6.31. The number of hydrogen-bond acceptors (Lipinski definition) is 5. The van der Waals surface area contributed by atoms with Crippen LogP contribution in [0.2, 0.25) is 0 Å². The monoisotopic (exact) mass is 373 g/mol. The van der Waals surface area contributed by atoms with E-state index in [1.165, 1.54) is 11.3 Å². The van der Waals surface area contributed by atoms with Crippen LogP contribution in [-0.4, -0.2) is 24.1 Å². The minimum atomic E-state index is 0.0456. The summed E-state index contributed by atoms with van der Waals surface area (Å²) in [5, 5.41) is 0. The van der Waals surface area contributed by atoms with Crippen LogP contribution in [0.3, 0.4) is 0 Å². The highest BCUT2D eigenvalue weighted by molar-refractivity contribution is 7.16. The van der Waals surface area contributed by atoms with E-state index < -0.39 is 0 Å². The molecule has 0 amide bonds. The maximum Gasteiger partial charge on any atom is 0.308 e. The van der Waals surface area contributed by atoms with Gasteiger partial charge >= 0.3 is 4.87 Å². The van der Waals surface area contributed by atoms with Gasteiger partial charge < -0.3 is 0 Å². The molecule has 27 heavy (non-hydrogen) atoms. The van der Waals surface area contributed by atoms with E-state index in [2.05, 4.69) is 15.0 Å². The number of para-hydroxylation sites is 1. The van der Waals surface area contributed by atoms with Gasteiger partial charge in [-0.15, -0.1) is 0 Å². The lowest BCUT2D eigenvalue weighted by Crippen LogP contribution is -2.13. The summed E-state index contributed by atoms with van der Waals surface area (Å²) >= 11 is 1.27. The Balaban J connectivity index is 1.53. The first-order chi connectivity index (χ1) is 13.2. The van der Waals surface area contributed by atoms with E-state index in [0.29, 0.717) is 6.54 Å². The number of benzene rings is 1. The maximum atomic E-state index is 12.3. The Labute approximate surface area is 158 Å². The molecule has 1 aromatic carbocycles. The van der Waals surface area contributed by atoms with Gasteiger partial charge in [0, 0.05) is 12.4 Å². The molecule has 0 radical (unpaired) electrons. The number of aromatic nitrogens is 5. The van der Waals surface area contributed by atoms with Crippen molar-refractivity contribution in [1.29, 1.82) is 0 Å². The smallest absolute Gasteiger partial charge is 0.294 e. The SMILES string of the molecule is Cc1nc2cnccc2n1-c1ccc(Cn2c(=O)sc3ccccc32)cn1. The van der Waals surface area contributed by atoms with Crippen LogP contribution in [0.1, 0.15) is 11.4 Å². The predicted molar refractivity (Wildman–Crippen MR) is 107 cm³/mol. The van der Waals surface area contributed by atoms with E-state index in [-0.39, 0.29) is 4.87 Å². The molecule has 0 atom stereocenters. The summed E-state index contributed by atoms with van der Waals surface area (Å²) in [6.45, 7) is 2.45. The third-order valence-electron chi connectivity index (χ3n) is 4.58. The van der Waals surface area contributed by atoms with E-state index in [1.807, 2.05) is 60.2 Å². The lowest BCUT2D eigenvalue weighted by atomic mass is 10.2. The van der Waals surface area contributed by atoms with Crippen molar-refractivity contribution in [2.24, 2.45) is 0 Å². The van der Waals surface area contributed by atoms with Crippen molar-refractivity contribution in [2.75, 3.05) is 0 Å². The number of thiazole rings is 1. The summed E-state index contributed by atoms with van der Waals surface area (Å²) in [4.78, 5) is 25.6. The Kier molecular flexibility index (Phi) is 3.61. The molecule has 0 N–H and O–H groups in total. The van der Waals surface area contributed by atoms with Crippen LogP contribution in [0.4, 0.5) is 0 Å². The van der Waals surface area contributed by atoms with E-state index in [4.69, 9.17) is 0 Å². The van der Waals surface area contributed by atoms with Crippen LogP contribution >= 0.6 is 11.3 Å². The lowest BCUT2D eigenvalue weighted by molar-refractivity contribution is 0.808. The molecule has 4 aromatic heterocycles. The Bertz CT molecular complexity index is 1330. The van der Waals surface area contributed by atoms with Crippen molar-refractivity contribution in [1.82, 2.24) is 24.1 Å². The van der Waals surface area contributed by atoms with Crippen LogP contribution in [0.5, 0.6) is 0 Å². The molecule has 0 saturated carbocycles. The molecular weight excluding hydrogens is 358 g/mol. The fraction of sp³-hybridized carbons (Fsp3) is 0.100. The van der Waals surface area contributed by atoms with Gasteiger partial charge in [0.15, 0.2) is 0 Å². The zero-order valence-electron chi connectivity index (χ0n) is 14.5. The van der Waals surface area contributed by atoms with E-state index in [1.54, 1.807) is 17.0 Å². The minimum Gasteiger partial charge on any atom is -0.294 e. The molecule has 6 nitrogen and oxygen atoms in total. The van der Waals surface area contributed by atoms with Crippen LogP contribution in [0.15, 0.2) is 65.8 Å². The van der Waals surface area contributed by atoms with E-state index >= 15 is 0 Å². The summed E-state index contributed by atoms with van der Waals surface area (Å²) in [6, 6.07) is 13.8. The molecule has 0 aliphatic heterocycles. The third kappa shape index (κ3) is 2.63. The zero-order valence-corrected chi connectivity index (χ0v) is 15.3. The number of imidazole rings is 1. The van der Waals surface area contributed by atoms with Crippen molar-refractivity contribution in [2.45, 2.75) is 13.5 Å². The van der Waals surface area contributed by atoms with Crippen LogP contribution in [-0.2, 0) is 6.54 Å². The lowest BCUT2D eigenvalue weighted by Gasteiger charge is -2.08. The molecule has 4 heterocycles. The molecular formula is C20H15N5OS. The fourth-order valence-electron chi connectivity index (χ4n) is 3.33. The standard InChI is InChI=1S/C20H15N5OS/c1-13-23-15-11-21-9-8-16(15)25(13)19-7-6-14(10-22-19)12-24-17-4-2-3-5-18(17)27-20(24)26/h2-11H,12H2,1H3. The summed E-state index contributed by atoms with van der Waals surface area (Å²) in [7, 11) is 0. The Morgan fingerprint density at radius 3 is 2.78 bits per heavy atom. The first-order valence-corrected chi connectivity index (χ1v) is 9.35. The van der Waals surface area contributed by atoms with Gasteiger partial charge in [-0.3, -0.25) is 18.9 Å². The first-order valence-electron chi connectivity index (χ1n) is 8.53. The molecule has 0 fully saturated rings. The Morgan fingerprint density at radius 1 is 1.04 bits per heavy atom. The van der Waals surface area contributed by atoms with E-state index in [9.17, 15) is 4.79 Å². The van der Waals surface area contributed by atoms with Crippen molar-refractivity contribution >= 4 is 32.6 Å². The molecule has 0 unspecified atom stereocenters. The number of pyridine rings is 2. The average Bonchev–Trinajstić information content (AvgIpc) is 3.18. The van der Waals surface area contributed by atoms with Gasteiger partial charge in [0.2, 0.25) is 0 Å². The second kappa shape index (κ2) is 6.14. The highest BCUT2D eigenvalue weighted by atomic mass is 32.1. The van der Waals surface area contributed by atoms with Crippen LogP contribution in [0.25, 0.3) is 27.1 Å². The third-order valence-corrected chi connectivity index (χ3v) is 5.54. The molecule has 0 aliphatic carbocycles. The molecule has 5 aromatic rings. The van der Waals surface area contributed by atoms with Crippen LogP contribution in [0, 0.1) is 6.92 Å². The molecule has 7 heteroatoms. The normalized spacial score (nSPS) is 11.4. The zero-order chi connectivity index (χ0) is 18.4. The molecule has 0 bridgehead atoms. The number of nitrogens with zero attached hydrogens (tertiary/aromatic N) is 5. The van der Waals surface area contributed by atoms with Gasteiger partial charge in [0.05, 0.1) is 28.5 Å². The molecule has 132 valence electrons. The summed E-state index contributed by atoms with van der Waals surface area (Å²) in [6.07, 6.45) is 5.32. The molecule has 0 aliphatic rings. The molecule has 5 rings (SSSR count). The predicted octanol–water partition coefficient (Wildman–Crippen LogP) is 3.55. The highest BCUT2D eigenvalue weighted by Crippen LogP contribution is 2.20. The van der Waals surface area contributed by atoms with Gasteiger partial charge in [-0.2, -0.15) is 0 Å². The number of hydrogen-bond donors (Lipinski definition) is 0. The quantitative estimate of drug-likeness (QED) is 0.485. The van der Waals surface area contributed by atoms with Gasteiger partial charge in [0.25, 0.3) is 0 Å². The Morgan fingerprint density at radius 2 is 1.93 bits per heavy atom. The van der Waals surface area contributed by atoms with Crippen molar-refractivity contribution < 1.29 is 0 Å². The topological polar surface area (TPSA) is 65.6 Å². The number of rotatable bonds is 3. The van der Waals surface area contributed by atoms with Crippen molar-refractivity contribution in [3.05, 3.63) is 82.1 Å². The fourth-order valence-corrected chi connectivity index (χ4v) is 4.22. The number of fused-ring (bicyclic) bond motifs is 2. The van der Waals surface area contributed by atoms with Crippen molar-refractivity contribution in [3.63, 3.8) is 0 Å². The van der Waals surface area contributed by atoms with Gasteiger partial charge in [-0.1, -0.05) is 29.5 Å². The van der Waals surface area contributed by atoms with Gasteiger partial charge in [0.1, 0.15) is 17.2 Å². The second-order valence-corrected chi connectivity index (χ2v) is 7.30. The van der Waals surface area contributed by atoms with E-state index in [0.717, 1.165) is 38.5 Å². The largest absolute Gasteiger partial charge is 0.308 e. The van der Waals surface area contributed by atoms with Crippen molar-refractivity contribution in [3.8, 4) is 5.82 Å². The average molecular weight is 373 g/mol. The van der Waals surface area contributed by atoms with Gasteiger partial charge in [-0.25, -0.2) is 9.97 Å². The first kappa shape index (κ1) is 15.9.